The minimum absolute atomic E-state index is 1.11. The Bertz CT molecular complexity index is 3520. The second-order valence-corrected chi connectivity index (χ2v) is 17.3. The molecule has 0 aliphatic heterocycles. The lowest BCUT2D eigenvalue weighted by Gasteiger charge is -2.26. The molecule has 302 valence electrons. The maximum absolute atomic E-state index is 2.45. The second kappa shape index (κ2) is 15.9. The molecule has 0 bridgehead atoms. The summed E-state index contributed by atoms with van der Waals surface area (Å²) in [6, 6.07) is 89.9. The van der Waals surface area contributed by atoms with Gasteiger partial charge in [-0.05, 0) is 131 Å². The normalized spacial score (nSPS) is 11.4. The van der Waals surface area contributed by atoms with Gasteiger partial charge in [-0.15, -0.1) is 11.3 Å². The van der Waals surface area contributed by atoms with Crippen LogP contribution in [0.3, 0.4) is 0 Å². The number of aromatic nitrogens is 1. The first-order valence-corrected chi connectivity index (χ1v) is 22.6. The third-order valence-corrected chi connectivity index (χ3v) is 13.5. The van der Waals surface area contributed by atoms with Crippen molar-refractivity contribution in [2.24, 2.45) is 0 Å². The summed E-state index contributed by atoms with van der Waals surface area (Å²) in [5, 5.41) is 5.06. The molecule has 0 unspecified atom stereocenters. The van der Waals surface area contributed by atoms with Crippen LogP contribution in [0.25, 0.3) is 69.9 Å². The smallest absolute Gasteiger partial charge is 0.0548 e. The van der Waals surface area contributed by atoms with Gasteiger partial charge in [-0.25, -0.2) is 0 Å². The number of rotatable bonds is 9. The topological polar surface area (TPSA) is 11.4 Å². The van der Waals surface area contributed by atoms with Crippen LogP contribution in [0.2, 0.25) is 0 Å². The molecule has 0 aliphatic rings. The van der Waals surface area contributed by atoms with E-state index in [1.807, 2.05) is 11.3 Å². The van der Waals surface area contributed by atoms with E-state index in [4.69, 9.17) is 0 Å². The highest BCUT2D eigenvalue weighted by Gasteiger charge is 2.20. The maximum atomic E-state index is 2.45. The third-order valence-electron chi connectivity index (χ3n) is 12.4. The number of benzene rings is 10. The highest BCUT2D eigenvalue weighted by Crippen LogP contribution is 2.44. The van der Waals surface area contributed by atoms with Gasteiger partial charge in [0.2, 0.25) is 0 Å². The maximum Gasteiger partial charge on any atom is 0.0548 e. The number of nitrogens with zero attached hydrogens (tertiary/aromatic N) is 3. The molecule has 0 atom stereocenters. The Morgan fingerprint density at radius 1 is 0.266 bits per heavy atom. The monoisotopic (exact) mass is 835 g/mol. The van der Waals surface area contributed by atoms with Crippen LogP contribution in [0.5, 0.6) is 0 Å². The molecule has 0 amide bonds. The van der Waals surface area contributed by atoms with E-state index in [2.05, 4.69) is 263 Å². The van der Waals surface area contributed by atoms with Gasteiger partial charge < -0.3 is 14.4 Å². The van der Waals surface area contributed by atoms with Crippen molar-refractivity contribution in [1.82, 2.24) is 4.57 Å². The molecule has 0 saturated carbocycles. The zero-order chi connectivity index (χ0) is 42.4. The molecule has 12 aromatic rings. The molecule has 4 heteroatoms. The van der Waals surface area contributed by atoms with Crippen molar-refractivity contribution in [1.29, 1.82) is 0 Å². The lowest BCUT2D eigenvalue weighted by molar-refractivity contribution is 1.18. The van der Waals surface area contributed by atoms with Gasteiger partial charge in [-0.2, -0.15) is 0 Å². The van der Waals surface area contributed by atoms with E-state index >= 15 is 0 Å². The number of thiophene rings is 1. The predicted molar refractivity (Wildman–Crippen MR) is 274 cm³/mol. The molecule has 2 aromatic heterocycles. The van der Waals surface area contributed by atoms with Gasteiger partial charge in [-0.3, -0.25) is 0 Å². The Labute approximate surface area is 376 Å². The van der Waals surface area contributed by atoms with E-state index in [9.17, 15) is 0 Å². The molecule has 0 N–H and O–H groups in total. The van der Waals surface area contributed by atoms with Crippen LogP contribution in [0.1, 0.15) is 0 Å². The lowest BCUT2D eigenvalue weighted by atomic mass is 10.0. The summed E-state index contributed by atoms with van der Waals surface area (Å²) >= 11 is 1.87. The molecule has 10 aromatic carbocycles. The average molecular weight is 836 g/mol. The van der Waals surface area contributed by atoms with Crippen molar-refractivity contribution in [3.8, 4) is 27.9 Å². The highest BCUT2D eigenvalue weighted by molar-refractivity contribution is 7.25. The standard InChI is InChI=1S/C60H41N3S/c1-5-15-42(16-6-1)43-25-31-49(32-26-43)61(46-17-7-2-8-18-46)50-33-27-44(28-34-50)45-29-35-51(36-30-45)63-57-38-37-52(62(47-19-9-3-10-20-47)48-21-11-4-12-22-48)39-54(57)55-41-60-56(40-58(55)63)53-23-13-14-24-59(53)64-60/h1-41H. The van der Waals surface area contributed by atoms with Gasteiger partial charge in [0.25, 0.3) is 0 Å². The van der Waals surface area contributed by atoms with Crippen LogP contribution in [-0.2, 0) is 0 Å². The Morgan fingerprint density at radius 3 is 1.25 bits per heavy atom. The molecule has 0 saturated heterocycles. The van der Waals surface area contributed by atoms with Crippen molar-refractivity contribution < 1.29 is 0 Å². The highest BCUT2D eigenvalue weighted by atomic mass is 32.1. The molecular weight excluding hydrogens is 795 g/mol. The van der Waals surface area contributed by atoms with E-state index in [0.717, 1.165) is 39.8 Å². The fourth-order valence-electron chi connectivity index (χ4n) is 9.31. The zero-order valence-corrected chi connectivity index (χ0v) is 35.7. The molecule has 64 heavy (non-hydrogen) atoms. The second-order valence-electron chi connectivity index (χ2n) is 16.2. The summed E-state index contributed by atoms with van der Waals surface area (Å²) in [6.45, 7) is 0. The van der Waals surface area contributed by atoms with E-state index in [1.165, 1.54) is 64.2 Å². The van der Waals surface area contributed by atoms with E-state index in [-0.39, 0.29) is 0 Å². The lowest BCUT2D eigenvalue weighted by Crippen LogP contribution is -2.09. The largest absolute Gasteiger partial charge is 0.311 e. The van der Waals surface area contributed by atoms with Gasteiger partial charge in [0.1, 0.15) is 0 Å². The van der Waals surface area contributed by atoms with Crippen molar-refractivity contribution in [2.45, 2.75) is 0 Å². The van der Waals surface area contributed by atoms with Crippen molar-refractivity contribution >= 4 is 87.4 Å². The number of fused-ring (bicyclic) bond motifs is 6. The summed E-state index contributed by atoms with van der Waals surface area (Å²) < 4.78 is 5.06. The zero-order valence-electron chi connectivity index (χ0n) is 34.9. The first-order chi connectivity index (χ1) is 31.7. The van der Waals surface area contributed by atoms with Crippen LogP contribution < -0.4 is 9.80 Å². The summed E-state index contributed by atoms with van der Waals surface area (Å²) in [7, 11) is 0. The van der Waals surface area contributed by atoms with Crippen molar-refractivity contribution in [2.75, 3.05) is 9.80 Å². The molecule has 12 rings (SSSR count). The summed E-state index contributed by atoms with van der Waals surface area (Å²) in [5.41, 5.74) is 15.0. The fourth-order valence-corrected chi connectivity index (χ4v) is 10.4. The Kier molecular flexibility index (Phi) is 9.36. The minimum Gasteiger partial charge on any atom is -0.311 e. The van der Waals surface area contributed by atoms with Crippen LogP contribution in [-0.4, -0.2) is 4.57 Å². The quantitative estimate of drug-likeness (QED) is 0.143. The van der Waals surface area contributed by atoms with Crippen molar-refractivity contribution in [3.05, 3.63) is 249 Å². The molecular formula is C60H41N3S. The predicted octanol–water partition coefficient (Wildman–Crippen LogP) is 17.4. The first-order valence-electron chi connectivity index (χ1n) is 21.7. The Balaban J connectivity index is 0.938. The number of hydrogen-bond acceptors (Lipinski definition) is 3. The number of para-hydroxylation sites is 3. The summed E-state index contributed by atoms with van der Waals surface area (Å²) in [5.74, 6) is 0. The van der Waals surface area contributed by atoms with E-state index < -0.39 is 0 Å². The van der Waals surface area contributed by atoms with E-state index in [1.54, 1.807) is 0 Å². The fraction of sp³-hybridized carbons (Fsp3) is 0. The molecule has 0 radical (unpaired) electrons. The summed E-state index contributed by atoms with van der Waals surface area (Å²) in [6.07, 6.45) is 0. The van der Waals surface area contributed by atoms with Gasteiger partial charge in [0, 0.05) is 70.8 Å². The van der Waals surface area contributed by atoms with Crippen LogP contribution in [0.4, 0.5) is 34.1 Å². The SMILES string of the molecule is c1ccc(-c2ccc(N(c3ccccc3)c3ccc(-c4ccc(-n5c6ccc(N(c7ccccc7)c7ccccc7)cc6c6cc7sc8ccccc8c7cc65)cc4)cc3)cc2)cc1. The Hall–Kier alpha value is -8.18. The number of hydrogen-bond donors (Lipinski definition) is 0. The van der Waals surface area contributed by atoms with Gasteiger partial charge in [-0.1, -0.05) is 140 Å². The summed E-state index contributed by atoms with van der Waals surface area (Å²) in [4.78, 5) is 4.67. The van der Waals surface area contributed by atoms with Gasteiger partial charge in [0.15, 0.2) is 0 Å². The van der Waals surface area contributed by atoms with E-state index in [0.29, 0.717) is 0 Å². The number of anilines is 6. The van der Waals surface area contributed by atoms with Crippen LogP contribution in [0.15, 0.2) is 249 Å². The van der Waals surface area contributed by atoms with Crippen LogP contribution in [0, 0.1) is 0 Å². The third kappa shape index (κ3) is 6.69. The first kappa shape index (κ1) is 37.6. The average Bonchev–Trinajstić information content (AvgIpc) is 3.89. The molecule has 2 heterocycles. The Morgan fingerprint density at radius 2 is 0.688 bits per heavy atom. The molecule has 0 aliphatic carbocycles. The molecule has 0 fully saturated rings. The minimum atomic E-state index is 1.11. The van der Waals surface area contributed by atoms with Crippen molar-refractivity contribution in [3.63, 3.8) is 0 Å². The molecule has 3 nitrogen and oxygen atoms in total. The molecule has 0 spiro atoms. The van der Waals surface area contributed by atoms with Gasteiger partial charge >= 0.3 is 0 Å². The van der Waals surface area contributed by atoms with Gasteiger partial charge in [0.05, 0.1) is 11.0 Å². The van der Waals surface area contributed by atoms with Crippen LogP contribution >= 0.6 is 11.3 Å².